The number of methoxy groups -OCH3 is 1. The molecule has 1 aromatic heterocycles. The highest BCUT2D eigenvalue weighted by Crippen LogP contribution is 2.37. The summed E-state index contributed by atoms with van der Waals surface area (Å²) >= 11 is 0. The average molecular weight is 619 g/mol. The molecule has 1 aromatic carbocycles. The van der Waals surface area contributed by atoms with Gasteiger partial charge in [-0.05, 0) is 82.9 Å². The molecule has 3 heterocycles. The molecular formula is C34H50N8O3. The van der Waals surface area contributed by atoms with Crippen molar-refractivity contribution in [3.8, 4) is 5.75 Å². The fourth-order valence-corrected chi connectivity index (χ4v) is 7.32. The summed E-state index contributed by atoms with van der Waals surface area (Å²) in [6.45, 7) is 12.2. The summed E-state index contributed by atoms with van der Waals surface area (Å²) in [6, 6.07) is 6.05. The number of hydrogen-bond acceptors (Lipinski definition) is 9. The van der Waals surface area contributed by atoms with Crippen LogP contribution >= 0.6 is 0 Å². The zero-order chi connectivity index (χ0) is 31.7. The van der Waals surface area contributed by atoms with E-state index in [0.29, 0.717) is 41.1 Å². The minimum Gasteiger partial charge on any atom is -0.495 e. The number of ether oxygens (including phenoxy) is 1. The number of rotatable bonds is 10. The Morgan fingerprint density at radius 2 is 1.80 bits per heavy atom. The van der Waals surface area contributed by atoms with Gasteiger partial charge in [-0.15, -0.1) is 0 Å². The highest BCUT2D eigenvalue weighted by Gasteiger charge is 2.38. The quantitative estimate of drug-likeness (QED) is 0.404. The van der Waals surface area contributed by atoms with E-state index in [4.69, 9.17) is 9.72 Å². The van der Waals surface area contributed by atoms with Crippen LogP contribution in [0.5, 0.6) is 5.75 Å². The largest absolute Gasteiger partial charge is 0.495 e. The van der Waals surface area contributed by atoms with Gasteiger partial charge in [-0.25, -0.2) is 4.98 Å². The standard InChI is InChI=1S/C34H50N8O3/c1-6-28-33(44)39(4)29-20-35-34(38-31(29)42(28)22(2)3)37-27-14-9-24(19-30(27)45-5)32(43)36-25-10-12-26(13-11-25)41-17-15-40(16-18-41)21-23-7-8-23/h9,14,19-20,22-23,25-26,28H,6-8,10-13,15-18,21H2,1-5H3,(H,36,43)(H,35,37,38). The lowest BCUT2D eigenvalue weighted by atomic mass is 9.89. The molecule has 11 nitrogen and oxygen atoms in total. The van der Waals surface area contributed by atoms with Gasteiger partial charge in [0.2, 0.25) is 11.9 Å². The molecule has 2 amide bonds. The first-order valence-corrected chi connectivity index (χ1v) is 16.9. The molecule has 2 saturated carbocycles. The van der Waals surface area contributed by atoms with Crippen LogP contribution in [0.15, 0.2) is 24.4 Å². The molecule has 2 N–H and O–H groups in total. The van der Waals surface area contributed by atoms with E-state index in [9.17, 15) is 9.59 Å². The van der Waals surface area contributed by atoms with Crippen molar-refractivity contribution >= 4 is 35.0 Å². The van der Waals surface area contributed by atoms with Crippen molar-refractivity contribution in [3.63, 3.8) is 0 Å². The molecule has 1 atom stereocenters. The van der Waals surface area contributed by atoms with Crippen molar-refractivity contribution in [3.05, 3.63) is 30.0 Å². The summed E-state index contributed by atoms with van der Waals surface area (Å²) < 4.78 is 5.68. The first-order chi connectivity index (χ1) is 21.7. The van der Waals surface area contributed by atoms with Crippen LogP contribution in [0.25, 0.3) is 0 Å². The van der Waals surface area contributed by atoms with Gasteiger partial charge in [0, 0.05) is 63.5 Å². The first-order valence-electron chi connectivity index (χ1n) is 16.9. The Morgan fingerprint density at radius 1 is 1.07 bits per heavy atom. The molecule has 3 fully saturated rings. The third-order valence-electron chi connectivity index (χ3n) is 10.1. The van der Waals surface area contributed by atoms with Crippen molar-refractivity contribution in [2.75, 3.05) is 62.0 Å². The van der Waals surface area contributed by atoms with Crippen molar-refractivity contribution in [2.45, 2.75) is 89.9 Å². The zero-order valence-electron chi connectivity index (χ0n) is 27.6. The second-order valence-corrected chi connectivity index (χ2v) is 13.5. The monoisotopic (exact) mass is 618 g/mol. The molecule has 1 saturated heterocycles. The van der Waals surface area contributed by atoms with Crippen molar-refractivity contribution in [2.24, 2.45) is 5.92 Å². The Labute approximate surface area is 267 Å². The van der Waals surface area contributed by atoms with Crippen LogP contribution in [-0.2, 0) is 4.79 Å². The number of piperazine rings is 1. The Kier molecular flexibility index (Phi) is 9.46. The van der Waals surface area contributed by atoms with Crippen LogP contribution in [0.4, 0.5) is 23.1 Å². The SMILES string of the molecule is CCC1C(=O)N(C)c2cnc(Nc3ccc(C(=O)NC4CCC(N5CCN(CC6CC6)CC5)CC4)cc3OC)nc2N1C(C)C. The maximum absolute atomic E-state index is 13.3. The highest BCUT2D eigenvalue weighted by molar-refractivity contribution is 6.04. The number of nitrogens with zero attached hydrogens (tertiary/aromatic N) is 6. The van der Waals surface area contributed by atoms with Gasteiger partial charge in [0.15, 0.2) is 5.82 Å². The highest BCUT2D eigenvalue weighted by atomic mass is 16.5. The molecule has 2 aromatic rings. The van der Waals surface area contributed by atoms with Crippen molar-refractivity contribution in [1.29, 1.82) is 0 Å². The molecule has 6 rings (SSSR count). The molecule has 1 unspecified atom stereocenters. The molecule has 2 aliphatic carbocycles. The Balaban J connectivity index is 1.06. The molecule has 0 bridgehead atoms. The van der Waals surface area contributed by atoms with Gasteiger partial charge >= 0.3 is 0 Å². The summed E-state index contributed by atoms with van der Waals surface area (Å²) in [5, 5.41) is 6.55. The van der Waals surface area contributed by atoms with Crippen molar-refractivity contribution < 1.29 is 14.3 Å². The van der Waals surface area contributed by atoms with E-state index < -0.39 is 0 Å². The molecule has 0 radical (unpaired) electrons. The number of anilines is 4. The fourth-order valence-electron chi connectivity index (χ4n) is 7.32. The topological polar surface area (TPSA) is 106 Å². The normalized spacial score (nSPS) is 24.5. The molecular weight excluding hydrogens is 568 g/mol. The fraction of sp³-hybridized carbons (Fsp3) is 0.647. The summed E-state index contributed by atoms with van der Waals surface area (Å²) in [5.41, 5.74) is 1.91. The number of fused-ring (bicyclic) bond motifs is 1. The lowest BCUT2D eigenvalue weighted by molar-refractivity contribution is -0.120. The number of hydrogen-bond donors (Lipinski definition) is 2. The Bertz CT molecular complexity index is 1370. The minimum atomic E-state index is -0.278. The number of nitrogens with one attached hydrogen (secondary N) is 2. The molecule has 2 aliphatic heterocycles. The molecule has 4 aliphatic rings. The number of carbonyl (C=O) groups excluding carboxylic acids is 2. The summed E-state index contributed by atoms with van der Waals surface area (Å²) in [6.07, 6.45) is 9.51. The first kappa shape index (κ1) is 31.5. The summed E-state index contributed by atoms with van der Waals surface area (Å²) in [7, 11) is 3.36. The van der Waals surface area contributed by atoms with E-state index in [0.717, 1.165) is 37.4 Å². The molecule has 45 heavy (non-hydrogen) atoms. The van der Waals surface area contributed by atoms with Gasteiger partial charge in [-0.2, -0.15) is 4.98 Å². The number of carbonyl (C=O) groups is 2. The van der Waals surface area contributed by atoms with Crippen LogP contribution in [0.1, 0.15) is 76.1 Å². The maximum Gasteiger partial charge on any atom is 0.251 e. The summed E-state index contributed by atoms with van der Waals surface area (Å²) in [4.78, 5) is 44.6. The third kappa shape index (κ3) is 6.89. The van der Waals surface area contributed by atoms with Crippen LogP contribution in [0.3, 0.4) is 0 Å². The van der Waals surface area contributed by atoms with Gasteiger partial charge in [0.25, 0.3) is 5.91 Å². The van der Waals surface area contributed by atoms with Crippen LogP contribution in [-0.4, -0.2) is 103 Å². The summed E-state index contributed by atoms with van der Waals surface area (Å²) in [5.74, 6) is 2.59. The van der Waals surface area contributed by atoms with Crippen molar-refractivity contribution in [1.82, 2.24) is 25.1 Å². The number of amides is 2. The Morgan fingerprint density at radius 3 is 2.44 bits per heavy atom. The van der Waals surface area contributed by atoms with Crippen LogP contribution in [0.2, 0.25) is 0 Å². The van der Waals surface area contributed by atoms with Crippen LogP contribution < -0.4 is 25.2 Å². The third-order valence-corrected chi connectivity index (χ3v) is 10.1. The van der Waals surface area contributed by atoms with E-state index in [1.54, 1.807) is 31.3 Å². The maximum atomic E-state index is 13.3. The van der Waals surface area contributed by atoms with E-state index in [1.165, 1.54) is 45.6 Å². The molecule has 244 valence electrons. The van der Waals surface area contributed by atoms with Gasteiger partial charge in [0.05, 0.1) is 19.0 Å². The second kappa shape index (κ2) is 13.5. The lowest BCUT2D eigenvalue weighted by Gasteiger charge is -2.42. The average Bonchev–Trinajstić information content (AvgIpc) is 3.87. The second-order valence-electron chi connectivity index (χ2n) is 13.5. The van der Waals surface area contributed by atoms with E-state index >= 15 is 0 Å². The van der Waals surface area contributed by atoms with Gasteiger partial charge in [0.1, 0.15) is 17.5 Å². The lowest BCUT2D eigenvalue weighted by Crippen LogP contribution is -2.54. The van der Waals surface area contributed by atoms with E-state index in [-0.39, 0.29) is 29.9 Å². The number of aromatic nitrogens is 2. The van der Waals surface area contributed by atoms with Gasteiger partial charge < -0.3 is 30.1 Å². The Hall–Kier alpha value is -3.44. The molecule has 11 heteroatoms. The van der Waals surface area contributed by atoms with Gasteiger partial charge in [-0.1, -0.05) is 6.92 Å². The van der Waals surface area contributed by atoms with E-state index in [1.807, 2.05) is 19.1 Å². The number of benzene rings is 1. The molecule has 0 spiro atoms. The predicted octanol–water partition coefficient (Wildman–Crippen LogP) is 4.27. The van der Waals surface area contributed by atoms with Crippen LogP contribution in [0, 0.1) is 5.92 Å². The minimum absolute atomic E-state index is 0.0454. The predicted molar refractivity (Wildman–Crippen MR) is 178 cm³/mol. The smallest absolute Gasteiger partial charge is 0.251 e. The number of likely N-dealkylation sites (N-methyl/N-ethyl adjacent to an activating group) is 1. The van der Waals surface area contributed by atoms with Gasteiger partial charge in [-0.3, -0.25) is 14.5 Å². The van der Waals surface area contributed by atoms with E-state index in [2.05, 4.69) is 44.2 Å². The zero-order valence-corrected chi connectivity index (χ0v) is 27.6.